The molecule has 0 saturated heterocycles. The molecule has 0 amide bonds. The van der Waals surface area contributed by atoms with Gasteiger partial charge in [0, 0.05) is 7.11 Å². The SMILES string of the molecule is [CH2]C=CC1CCC(OC)C1. The van der Waals surface area contributed by atoms with E-state index in [9.17, 15) is 0 Å². The number of hydrogen-bond donors (Lipinski definition) is 0. The van der Waals surface area contributed by atoms with Crippen molar-refractivity contribution < 1.29 is 4.74 Å². The van der Waals surface area contributed by atoms with Gasteiger partial charge in [-0.1, -0.05) is 12.2 Å². The van der Waals surface area contributed by atoms with Gasteiger partial charge in [-0.15, -0.1) is 0 Å². The second-order valence-electron chi connectivity index (χ2n) is 2.86. The zero-order valence-electron chi connectivity index (χ0n) is 6.55. The summed E-state index contributed by atoms with van der Waals surface area (Å²) in [6.07, 6.45) is 8.24. The summed E-state index contributed by atoms with van der Waals surface area (Å²) in [5.41, 5.74) is 0. The maximum Gasteiger partial charge on any atom is 0.0577 e. The fourth-order valence-electron chi connectivity index (χ4n) is 1.55. The van der Waals surface area contributed by atoms with Gasteiger partial charge >= 0.3 is 0 Å². The Kier molecular flexibility index (Phi) is 2.94. The average Bonchev–Trinajstić information content (AvgIpc) is 2.37. The summed E-state index contributed by atoms with van der Waals surface area (Å²) in [6, 6.07) is 0. The highest BCUT2D eigenvalue weighted by molar-refractivity contribution is 4.94. The third-order valence-corrected chi connectivity index (χ3v) is 2.17. The molecule has 0 aromatic carbocycles. The highest BCUT2D eigenvalue weighted by atomic mass is 16.5. The van der Waals surface area contributed by atoms with Crippen molar-refractivity contribution in [2.45, 2.75) is 25.4 Å². The lowest BCUT2D eigenvalue weighted by molar-refractivity contribution is 0.107. The molecule has 2 unspecified atom stereocenters. The summed E-state index contributed by atoms with van der Waals surface area (Å²) in [5.74, 6) is 0.724. The summed E-state index contributed by atoms with van der Waals surface area (Å²) in [6.45, 7) is 3.68. The van der Waals surface area contributed by atoms with Gasteiger partial charge in [0.2, 0.25) is 0 Å². The first-order valence-electron chi connectivity index (χ1n) is 3.85. The Morgan fingerprint density at radius 2 is 2.30 bits per heavy atom. The summed E-state index contributed by atoms with van der Waals surface area (Å²) in [5, 5.41) is 0. The lowest BCUT2D eigenvalue weighted by Crippen LogP contribution is -2.03. The molecule has 1 radical (unpaired) electrons. The molecule has 0 bridgehead atoms. The molecule has 0 aromatic heterocycles. The van der Waals surface area contributed by atoms with Gasteiger partial charge in [0.15, 0.2) is 0 Å². The van der Waals surface area contributed by atoms with E-state index >= 15 is 0 Å². The Morgan fingerprint density at radius 1 is 1.50 bits per heavy atom. The van der Waals surface area contributed by atoms with Crippen LogP contribution in [0.5, 0.6) is 0 Å². The number of ether oxygens (including phenoxy) is 1. The molecule has 1 aliphatic rings. The van der Waals surface area contributed by atoms with Gasteiger partial charge in [-0.3, -0.25) is 0 Å². The lowest BCUT2D eigenvalue weighted by Gasteiger charge is -2.05. The highest BCUT2D eigenvalue weighted by Gasteiger charge is 2.21. The molecule has 1 aliphatic carbocycles. The summed E-state index contributed by atoms with van der Waals surface area (Å²) in [4.78, 5) is 0. The molecule has 1 nitrogen and oxygen atoms in total. The predicted molar refractivity (Wildman–Crippen MR) is 42.6 cm³/mol. The average molecular weight is 139 g/mol. The quantitative estimate of drug-likeness (QED) is 0.570. The minimum atomic E-state index is 0.501. The molecule has 1 fully saturated rings. The Hall–Kier alpha value is -0.300. The molecular weight excluding hydrogens is 124 g/mol. The molecule has 0 N–H and O–H groups in total. The van der Waals surface area contributed by atoms with Crippen LogP contribution >= 0.6 is 0 Å². The summed E-state index contributed by atoms with van der Waals surface area (Å²) < 4.78 is 5.23. The molecule has 1 saturated carbocycles. The first-order valence-corrected chi connectivity index (χ1v) is 3.85. The first kappa shape index (κ1) is 7.80. The van der Waals surface area contributed by atoms with Gasteiger partial charge in [0.1, 0.15) is 0 Å². The van der Waals surface area contributed by atoms with Crippen LogP contribution in [0.25, 0.3) is 0 Å². The maximum absolute atomic E-state index is 5.23. The molecule has 0 aliphatic heterocycles. The molecule has 1 heteroatoms. The van der Waals surface area contributed by atoms with Gasteiger partial charge in [0.25, 0.3) is 0 Å². The van der Waals surface area contributed by atoms with E-state index < -0.39 is 0 Å². The Balaban J connectivity index is 2.28. The second kappa shape index (κ2) is 3.77. The van der Waals surface area contributed by atoms with Gasteiger partial charge in [-0.05, 0) is 32.1 Å². The van der Waals surface area contributed by atoms with Crippen molar-refractivity contribution in [1.29, 1.82) is 0 Å². The normalized spacial score (nSPS) is 33.8. The van der Waals surface area contributed by atoms with Crippen LogP contribution in [0.2, 0.25) is 0 Å². The highest BCUT2D eigenvalue weighted by Crippen LogP contribution is 2.27. The van der Waals surface area contributed by atoms with Gasteiger partial charge in [0.05, 0.1) is 6.10 Å². The predicted octanol–water partition coefficient (Wildman–Crippen LogP) is 2.19. The van der Waals surface area contributed by atoms with E-state index in [1.165, 1.54) is 19.3 Å². The van der Waals surface area contributed by atoms with Crippen molar-refractivity contribution >= 4 is 0 Å². The Bertz CT molecular complexity index is 118. The Labute approximate surface area is 63.1 Å². The minimum Gasteiger partial charge on any atom is -0.381 e. The van der Waals surface area contributed by atoms with Crippen LogP contribution < -0.4 is 0 Å². The molecule has 10 heavy (non-hydrogen) atoms. The minimum absolute atomic E-state index is 0.501. The summed E-state index contributed by atoms with van der Waals surface area (Å²) >= 11 is 0. The van der Waals surface area contributed by atoms with Crippen LogP contribution in [0.3, 0.4) is 0 Å². The van der Waals surface area contributed by atoms with Crippen LogP contribution in [0.15, 0.2) is 12.2 Å². The van der Waals surface area contributed by atoms with Crippen molar-refractivity contribution in [1.82, 2.24) is 0 Å². The van der Waals surface area contributed by atoms with Crippen LogP contribution in [0, 0.1) is 12.8 Å². The molecule has 0 heterocycles. The van der Waals surface area contributed by atoms with Crippen LogP contribution in [0.4, 0.5) is 0 Å². The van der Waals surface area contributed by atoms with Crippen LogP contribution in [-0.4, -0.2) is 13.2 Å². The fraction of sp³-hybridized carbons (Fsp3) is 0.667. The number of hydrogen-bond acceptors (Lipinski definition) is 1. The van der Waals surface area contributed by atoms with E-state index in [0.717, 1.165) is 5.92 Å². The number of allylic oxidation sites excluding steroid dienone is 2. The third kappa shape index (κ3) is 1.84. The topological polar surface area (TPSA) is 9.23 Å². The molecule has 0 spiro atoms. The van der Waals surface area contributed by atoms with E-state index in [2.05, 4.69) is 13.0 Å². The van der Waals surface area contributed by atoms with Crippen molar-refractivity contribution in [3.63, 3.8) is 0 Å². The van der Waals surface area contributed by atoms with Gasteiger partial charge < -0.3 is 4.74 Å². The molecule has 0 aromatic rings. The van der Waals surface area contributed by atoms with Gasteiger partial charge in [-0.25, -0.2) is 0 Å². The van der Waals surface area contributed by atoms with Gasteiger partial charge in [-0.2, -0.15) is 0 Å². The standard InChI is InChI=1S/C9H15O/c1-3-4-8-5-6-9(7-8)10-2/h3-4,8-9H,1,5-7H2,2H3. The van der Waals surface area contributed by atoms with Crippen molar-refractivity contribution in [2.24, 2.45) is 5.92 Å². The van der Waals surface area contributed by atoms with E-state index in [4.69, 9.17) is 4.74 Å². The zero-order valence-corrected chi connectivity index (χ0v) is 6.55. The number of methoxy groups -OCH3 is 1. The van der Waals surface area contributed by atoms with Crippen LogP contribution in [0.1, 0.15) is 19.3 Å². The lowest BCUT2D eigenvalue weighted by atomic mass is 10.1. The largest absolute Gasteiger partial charge is 0.381 e. The van der Waals surface area contributed by atoms with Crippen molar-refractivity contribution in [3.05, 3.63) is 19.1 Å². The van der Waals surface area contributed by atoms with E-state index in [0.29, 0.717) is 6.10 Å². The molecule has 57 valence electrons. The molecule has 1 rings (SSSR count). The monoisotopic (exact) mass is 139 g/mol. The van der Waals surface area contributed by atoms with Crippen molar-refractivity contribution in [2.75, 3.05) is 7.11 Å². The number of rotatable bonds is 2. The van der Waals surface area contributed by atoms with E-state index in [1.54, 1.807) is 7.11 Å². The van der Waals surface area contributed by atoms with Crippen LogP contribution in [-0.2, 0) is 4.74 Å². The first-order chi connectivity index (χ1) is 4.86. The second-order valence-corrected chi connectivity index (χ2v) is 2.86. The zero-order chi connectivity index (χ0) is 7.40. The van der Waals surface area contributed by atoms with E-state index in [-0.39, 0.29) is 0 Å². The van der Waals surface area contributed by atoms with E-state index in [1.807, 2.05) is 6.08 Å². The fourth-order valence-corrected chi connectivity index (χ4v) is 1.55. The summed E-state index contributed by atoms with van der Waals surface area (Å²) in [7, 11) is 1.79. The van der Waals surface area contributed by atoms with Crippen molar-refractivity contribution in [3.8, 4) is 0 Å². The molecular formula is C9H15O. The maximum atomic E-state index is 5.23. The molecule has 2 atom stereocenters. The third-order valence-electron chi connectivity index (χ3n) is 2.17. The smallest absolute Gasteiger partial charge is 0.0577 e. The Morgan fingerprint density at radius 3 is 2.80 bits per heavy atom.